The maximum Gasteiger partial charge on any atom is 0.222 e. The van der Waals surface area contributed by atoms with Gasteiger partial charge in [-0.1, -0.05) is 0 Å². The van der Waals surface area contributed by atoms with Crippen molar-refractivity contribution in [3.8, 4) is 0 Å². The quantitative estimate of drug-likeness (QED) is 0.768. The zero-order valence-corrected chi connectivity index (χ0v) is 14.3. The molecule has 5 nitrogen and oxygen atoms in total. The molecule has 0 aromatic rings. The lowest BCUT2D eigenvalue weighted by Gasteiger charge is -2.33. The van der Waals surface area contributed by atoms with Gasteiger partial charge >= 0.3 is 0 Å². The molecule has 3 N–H and O–H groups in total. The number of carbonyl (C=O) groups excluding carboxylic acids is 1. The second kappa shape index (κ2) is 11.6. The Morgan fingerprint density at radius 1 is 1.40 bits per heavy atom. The largest absolute Gasteiger partial charge is 0.380 e. The van der Waals surface area contributed by atoms with Crippen LogP contribution in [0.3, 0.4) is 0 Å². The topological polar surface area (TPSA) is 67.6 Å². The van der Waals surface area contributed by atoms with Crippen LogP contribution in [0.5, 0.6) is 0 Å². The third-order valence-corrected chi connectivity index (χ3v) is 3.75. The smallest absolute Gasteiger partial charge is 0.222 e. The summed E-state index contributed by atoms with van der Waals surface area (Å²) in [7, 11) is 5.79. The molecular formula is C13H29Cl2N3O2. The molecule has 3 unspecified atom stereocenters. The molecule has 0 bridgehead atoms. The zero-order valence-electron chi connectivity index (χ0n) is 12.6. The Kier molecular flexibility index (Phi) is 12.9. The van der Waals surface area contributed by atoms with Gasteiger partial charge in [0, 0.05) is 25.7 Å². The van der Waals surface area contributed by atoms with Gasteiger partial charge in [-0.2, -0.15) is 0 Å². The fourth-order valence-electron chi connectivity index (χ4n) is 2.52. The highest BCUT2D eigenvalue weighted by molar-refractivity contribution is 5.85. The average Bonchev–Trinajstić information content (AvgIpc) is 2.36. The van der Waals surface area contributed by atoms with Crippen molar-refractivity contribution in [2.24, 2.45) is 5.73 Å². The summed E-state index contributed by atoms with van der Waals surface area (Å²) in [6, 6.07) is 0.880. The van der Waals surface area contributed by atoms with Crippen molar-refractivity contribution in [2.45, 2.75) is 50.3 Å². The molecule has 7 heteroatoms. The molecule has 1 aliphatic rings. The van der Waals surface area contributed by atoms with E-state index in [0.29, 0.717) is 25.0 Å². The van der Waals surface area contributed by atoms with E-state index in [4.69, 9.17) is 10.5 Å². The Hall–Kier alpha value is -0.0700. The van der Waals surface area contributed by atoms with E-state index in [1.54, 1.807) is 7.11 Å². The van der Waals surface area contributed by atoms with E-state index in [1.165, 1.54) is 12.8 Å². The van der Waals surface area contributed by atoms with E-state index in [2.05, 4.69) is 24.3 Å². The number of hydrogen-bond donors (Lipinski definition) is 2. The minimum absolute atomic E-state index is 0. The van der Waals surface area contributed by atoms with E-state index in [0.717, 1.165) is 12.8 Å². The highest BCUT2D eigenvalue weighted by Crippen LogP contribution is 2.21. The molecule has 1 saturated carbocycles. The third-order valence-electron chi connectivity index (χ3n) is 3.75. The standard InChI is InChI=1S/C13H27N3O2.2ClH/c1-16(2)11-6-4-5-10(7-11)15-13(17)8-12(9-14)18-3;;/h10-12H,4-9,14H2,1-3H3,(H,15,17);2*1H. The monoisotopic (exact) mass is 329 g/mol. The van der Waals surface area contributed by atoms with Crippen molar-refractivity contribution in [3.63, 3.8) is 0 Å². The second-order valence-electron chi connectivity index (χ2n) is 5.35. The van der Waals surface area contributed by atoms with Gasteiger partial charge in [0.1, 0.15) is 0 Å². The molecule has 1 aliphatic carbocycles. The Bertz CT molecular complexity index is 264. The predicted octanol–water partition coefficient (Wildman–Crippen LogP) is 1.18. The molecule has 1 fully saturated rings. The van der Waals surface area contributed by atoms with E-state index in [-0.39, 0.29) is 36.8 Å². The first-order valence-electron chi connectivity index (χ1n) is 6.75. The van der Waals surface area contributed by atoms with Gasteiger partial charge in [-0.15, -0.1) is 24.8 Å². The summed E-state index contributed by atoms with van der Waals surface area (Å²) in [5, 5.41) is 3.10. The molecule has 0 saturated heterocycles. The summed E-state index contributed by atoms with van der Waals surface area (Å²) in [6.07, 6.45) is 4.71. The van der Waals surface area contributed by atoms with Gasteiger partial charge in [-0.3, -0.25) is 4.79 Å². The first kappa shape index (κ1) is 22.2. The molecule has 1 amide bonds. The van der Waals surface area contributed by atoms with Crippen molar-refractivity contribution >= 4 is 30.7 Å². The van der Waals surface area contributed by atoms with Crippen molar-refractivity contribution in [2.75, 3.05) is 27.7 Å². The number of amides is 1. The lowest BCUT2D eigenvalue weighted by Crippen LogP contribution is -2.44. The van der Waals surface area contributed by atoms with Crippen LogP contribution >= 0.6 is 24.8 Å². The second-order valence-corrected chi connectivity index (χ2v) is 5.35. The lowest BCUT2D eigenvalue weighted by molar-refractivity contribution is -0.124. The van der Waals surface area contributed by atoms with Crippen molar-refractivity contribution in [3.05, 3.63) is 0 Å². The van der Waals surface area contributed by atoms with Crippen molar-refractivity contribution in [1.82, 2.24) is 10.2 Å². The molecule has 0 aromatic carbocycles. The summed E-state index contributed by atoms with van der Waals surface area (Å²) in [6.45, 7) is 0.384. The average molecular weight is 330 g/mol. The van der Waals surface area contributed by atoms with Gasteiger partial charge in [0.15, 0.2) is 0 Å². The van der Waals surface area contributed by atoms with Crippen LogP contribution in [-0.4, -0.2) is 56.7 Å². The number of carbonyl (C=O) groups is 1. The number of nitrogens with zero attached hydrogens (tertiary/aromatic N) is 1. The van der Waals surface area contributed by atoms with Crippen LogP contribution in [0, 0.1) is 0 Å². The highest BCUT2D eigenvalue weighted by Gasteiger charge is 2.24. The minimum Gasteiger partial charge on any atom is -0.380 e. The first-order valence-corrected chi connectivity index (χ1v) is 6.75. The van der Waals surface area contributed by atoms with Gasteiger partial charge in [-0.05, 0) is 39.8 Å². The van der Waals surface area contributed by atoms with E-state index >= 15 is 0 Å². The molecule has 0 spiro atoms. The number of rotatable bonds is 6. The van der Waals surface area contributed by atoms with Gasteiger partial charge in [0.05, 0.1) is 12.5 Å². The van der Waals surface area contributed by atoms with Crippen LogP contribution in [0.15, 0.2) is 0 Å². The molecule has 0 heterocycles. The fourth-order valence-corrected chi connectivity index (χ4v) is 2.52. The number of ether oxygens (including phenoxy) is 1. The van der Waals surface area contributed by atoms with Gasteiger partial charge < -0.3 is 20.7 Å². The molecule has 122 valence electrons. The Morgan fingerprint density at radius 3 is 2.55 bits per heavy atom. The Balaban J connectivity index is 0. The first-order chi connectivity index (χ1) is 8.56. The van der Waals surface area contributed by atoms with Crippen LogP contribution in [0.2, 0.25) is 0 Å². The number of nitrogens with two attached hydrogens (primary N) is 1. The van der Waals surface area contributed by atoms with Gasteiger partial charge in [-0.25, -0.2) is 0 Å². The molecule has 3 atom stereocenters. The highest BCUT2D eigenvalue weighted by atomic mass is 35.5. The number of halogens is 2. The minimum atomic E-state index is -0.168. The molecule has 20 heavy (non-hydrogen) atoms. The molecule has 0 aromatic heterocycles. The molecule has 1 rings (SSSR count). The van der Waals surface area contributed by atoms with Gasteiger partial charge in [0.2, 0.25) is 5.91 Å². The van der Waals surface area contributed by atoms with Crippen LogP contribution < -0.4 is 11.1 Å². The normalized spacial score (nSPS) is 23.4. The maximum absolute atomic E-state index is 11.9. The van der Waals surface area contributed by atoms with E-state index < -0.39 is 0 Å². The maximum atomic E-state index is 11.9. The SMILES string of the molecule is COC(CN)CC(=O)NC1CCCC(N(C)C)C1.Cl.Cl. The van der Waals surface area contributed by atoms with E-state index in [9.17, 15) is 4.79 Å². The number of hydrogen-bond acceptors (Lipinski definition) is 4. The summed E-state index contributed by atoms with van der Waals surface area (Å²) in [4.78, 5) is 14.1. The summed E-state index contributed by atoms with van der Waals surface area (Å²) in [5.74, 6) is 0.0525. The Labute approximate surface area is 134 Å². The zero-order chi connectivity index (χ0) is 13.5. The third kappa shape index (κ3) is 7.64. The summed E-state index contributed by atoms with van der Waals surface area (Å²) < 4.78 is 5.12. The van der Waals surface area contributed by atoms with Crippen LogP contribution in [0.4, 0.5) is 0 Å². The summed E-state index contributed by atoms with van der Waals surface area (Å²) in [5.41, 5.74) is 5.51. The Morgan fingerprint density at radius 2 is 2.05 bits per heavy atom. The van der Waals surface area contributed by atoms with E-state index in [1.807, 2.05) is 0 Å². The molecule has 0 radical (unpaired) electrons. The predicted molar refractivity (Wildman–Crippen MR) is 86.8 cm³/mol. The van der Waals surface area contributed by atoms with Crippen LogP contribution in [0.25, 0.3) is 0 Å². The van der Waals surface area contributed by atoms with Gasteiger partial charge in [0.25, 0.3) is 0 Å². The lowest BCUT2D eigenvalue weighted by atomic mass is 9.90. The molecule has 0 aliphatic heterocycles. The fraction of sp³-hybridized carbons (Fsp3) is 0.923. The number of methoxy groups -OCH3 is 1. The van der Waals surface area contributed by atoms with Crippen molar-refractivity contribution < 1.29 is 9.53 Å². The van der Waals surface area contributed by atoms with Crippen molar-refractivity contribution in [1.29, 1.82) is 0 Å². The number of nitrogens with one attached hydrogen (secondary N) is 1. The summed E-state index contributed by atoms with van der Waals surface area (Å²) >= 11 is 0. The van der Waals surface area contributed by atoms with Crippen LogP contribution in [0.1, 0.15) is 32.1 Å². The molecular weight excluding hydrogens is 301 g/mol. The van der Waals surface area contributed by atoms with Crippen LogP contribution in [-0.2, 0) is 9.53 Å².